The first-order valence-corrected chi connectivity index (χ1v) is 6.81. The minimum Gasteiger partial charge on any atom is -0.505 e. The van der Waals surface area contributed by atoms with Crippen LogP contribution in [-0.4, -0.2) is 38.2 Å². The minimum atomic E-state index is -4.85. The molecule has 3 N–H and O–H groups in total. The highest BCUT2D eigenvalue weighted by Crippen LogP contribution is 2.34. The molecule has 0 fully saturated rings. The lowest BCUT2D eigenvalue weighted by molar-refractivity contribution is 0.395. The Morgan fingerprint density at radius 2 is 1.35 bits per heavy atom. The zero-order valence-electron chi connectivity index (χ0n) is 8.35. The van der Waals surface area contributed by atoms with Crippen molar-refractivity contribution < 1.29 is 35.8 Å². The Bertz CT molecular complexity index is 589. The summed E-state index contributed by atoms with van der Waals surface area (Å²) in [6.45, 7) is 0. The average molecular weight is 284 g/mol. The van der Waals surface area contributed by atoms with Gasteiger partial charge in [-0.05, 0) is 0 Å². The predicted octanol–water partition coefficient (Wildman–Crippen LogP) is -0.106. The van der Waals surface area contributed by atoms with Crippen molar-refractivity contribution in [3.05, 3.63) is 12.1 Å². The molecule has 0 spiro atoms. The zero-order chi connectivity index (χ0) is 13.4. The van der Waals surface area contributed by atoms with Crippen molar-refractivity contribution in [1.82, 2.24) is 0 Å². The predicted molar refractivity (Wildman–Crippen MR) is 54.3 cm³/mol. The van der Waals surface area contributed by atoms with Gasteiger partial charge in [-0.15, -0.1) is 0 Å². The van der Waals surface area contributed by atoms with E-state index in [0.29, 0.717) is 12.1 Å². The van der Waals surface area contributed by atoms with Crippen LogP contribution in [0.3, 0.4) is 0 Å². The summed E-state index contributed by atoms with van der Waals surface area (Å²) in [6, 6.07) is 1.42. The van der Waals surface area contributed by atoms with E-state index in [1.165, 1.54) is 0 Å². The largest absolute Gasteiger partial charge is 0.505 e. The van der Waals surface area contributed by atoms with Gasteiger partial charge in [0.1, 0.15) is 15.5 Å². The van der Waals surface area contributed by atoms with E-state index in [9.17, 15) is 21.9 Å². The number of rotatable bonds is 3. The lowest BCUT2D eigenvalue weighted by Crippen LogP contribution is -2.05. The maximum atomic E-state index is 10.9. The fraction of sp³-hybridized carbons (Fsp3) is 0.143. The van der Waals surface area contributed by atoms with Gasteiger partial charge in [-0.2, -0.15) is 16.8 Å². The topological polar surface area (TPSA) is 138 Å². The molecule has 1 aromatic carbocycles. The van der Waals surface area contributed by atoms with Crippen molar-refractivity contribution in [1.29, 1.82) is 0 Å². The molecule has 17 heavy (non-hydrogen) atoms. The smallest absolute Gasteiger partial charge is 0.298 e. The molecule has 0 saturated heterocycles. The Morgan fingerprint density at radius 3 is 1.59 bits per heavy atom. The Labute approximate surface area is 97.0 Å². The zero-order valence-corrected chi connectivity index (χ0v) is 9.99. The summed E-state index contributed by atoms with van der Waals surface area (Å²) in [7, 11) is -8.60. The maximum Gasteiger partial charge on any atom is 0.298 e. The molecule has 1 rings (SSSR count). The molecule has 0 bridgehead atoms. The maximum absolute atomic E-state index is 10.9. The van der Waals surface area contributed by atoms with E-state index in [1.807, 2.05) is 0 Å². The van der Waals surface area contributed by atoms with Crippen LogP contribution < -0.4 is 4.74 Å². The van der Waals surface area contributed by atoms with Crippen LogP contribution in [0.15, 0.2) is 21.9 Å². The molecule has 0 aliphatic heterocycles. The van der Waals surface area contributed by atoms with Crippen molar-refractivity contribution in [2.24, 2.45) is 0 Å². The summed E-state index contributed by atoms with van der Waals surface area (Å²) in [4.78, 5) is -2.16. The molecule has 8 nitrogen and oxygen atoms in total. The second-order valence-corrected chi connectivity index (χ2v) is 5.70. The van der Waals surface area contributed by atoms with Crippen molar-refractivity contribution in [2.45, 2.75) is 9.79 Å². The van der Waals surface area contributed by atoms with Gasteiger partial charge in [0.2, 0.25) is 0 Å². The minimum absolute atomic E-state index is 0.275. The van der Waals surface area contributed by atoms with E-state index in [-0.39, 0.29) is 5.75 Å². The summed E-state index contributed by atoms with van der Waals surface area (Å²) in [6.07, 6.45) is 0. The lowest BCUT2D eigenvalue weighted by atomic mass is 10.3. The first kappa shape index (κ1) is 13.7. The summed E-state index contributed by atoms with van der Waals surface area (Å²) < 4.78 is 65.6. The second kappa shape index (κ2) is 4.14. The van der Waals surface area contributed by atoms with Crippen LogP contribution in [0.5, 0.6) is 11.5 Å². The SMILES string of the molecule is COc1cc(S(=O)(=O)O)c(O)c(S(=O)(=O)O)c1. The van der Waals surface area contributed by atoms with Gasteiger partial charge >= 0.3 is 0 Å². The quantitative estimate of drug-likeness (QED) is 0.654. The van der Waals surface area contributed by atoms with Crippen LogP contribution in [0.2, 0.25) is 0 Å². The van der Waals surface area contributed by atoms with Gasteiger partial charge in [-0.25, -0.2) is 0 Å². The van der Waals surface area contributed by atoms with Crippen molar-refractivity contribution >= 4 is 20.2 Å². The highest BCUT2D eigenvalue weighted by atomic mass is 32.2. The Kier molecular flexibility index (Phi) is 3.34. The lowest BCUT2D eigenvalue weighted by Gasteiger charge is -2.08. The van der Waals surface area contributed by atoms with E-state index >= 15 is 0 Å². The third-order valence-corrected chi connectivity index (χ3v) is 3.54. The van der Waals surface area contributed by atoms with Gasteiger partial charge < -0.3 is 9.84 Å². The molecule has 1 aromatic rings. The van der Waals surface area contributed by atoms with Gasteiger partial charge in [-0.1, -0.05) is 0 Å². The molecule has 0 amide bonds. The highest BCUT2D eigenvalue weighted by molar-refractivity contribution is 7.86. The molecule has 0 saturated carbocycles. The molecule has 10 heteroatoms. The van der Waals surface area contributed by atoms with Gasteiger partial charge in [-0.3, -0.25) is 9.11 Å². The molecule has 96 valence electrons. The van der Waals surface area contributed by atoms with Crippen molar-refractivity contribution in [2.75, 3.05) is 7.11 Å². The van der Waals surface area contributed by atoms with Crippen molar-refractivity contribution in [3.8, 4) is 11.5 Å². The van der Waals surface area contributed by atoms with Crippen LogP contribution in [0, 0.1) is 0 Å². The monoisotopic (exact) mass is 284 g/mol. The number of hydrogen-bond donors (Lipinski definition) is 3. The standard InChI is InChI=1S/C7H8O8S2/c1-15-4-2-5(16(9,10)11)7(8)6(3-4)17(12,13)14/h2-3,8H,1H3,(H,9,10,11)(H,12,13,14). The first-order chi connectivity index (χ1) is 7.57. The van der Waals surface area contributed by atoms with Crippen LogP contribution in [0.1, 0.15) is 0 Å². The molecular formula is C7H8O8S2. The molecule has 0 aliphatic carbocycles. The highest BCUT2D eigenvalue weighted by Gasteiger charge is 2.26. The van der Waals surface area contributed by atoms with E-state index in [0.717, 1.165) is 7.11 Å². The van der Waals surface area contributed by atoms with Gasteiger partial charge in [0, 0.05) is 12.1 Å². The van der Waals surface area contributed by atoms with Crippen molar-refractivity contribution in [3.63, 3.8) is 0 Å². The molecule has 0 aromatic heterocycles. The van der Waals surface area contributed by atoms with Gasteiger partial charge in [0.15, 0.2) is 5.75 Å². The fourth-order valence-electron chi connectivity index (χ4n) is 1.07. The van der Waals surface area contributed by atoms with E-state index in [1.54, 1.807) is 0 Å². The Hall–Kier alpha value is -1.36. The first-order valence-electron chi connectivity index (χ1n) is 3.93. The van der Waals surface area contributed by atoms with Crippen LogP contribution in [-0.2, 0) is 20.2 Å². The Morgan fingerprint density at radius 1 is 1.00 bits per heavy atom. The summed E-state index contributed by atoms with van der Waals surface area (Å²) in [5, 5.41) is 9.35. The molecule has 0 radical (unpaired) electrons. The summed E-state index contributed by atoms with van der Waals surface area (Å²) >= 11 is 0. The average Bonchev–Trinajstić information content (AvgIpc) is 2.14. The van der Waals surface area contributed by atoms with E-state index in [4.69, 9.17) is 9.11 Å². The third kappa shape index (κ3) is 2.85. The number of hydrogen-bond acceptors (Lipinski definition) is 6. The molecule has 0 aliphatic rings. The molecular weight excluding hydrogens is 276 g/mol. The molecule has 0 unspecified atom stereocenters. The van der Waals surface area contributed by atoms with Gasteiger partial charge in [0.05, 0.1) is 7.11 Å². The van der Waals surface area contributed by atoms with E-state index < -0.39 is 35.8 Å². The number of methoxy groups -OCH3 is 1. The van der Waals surface area contributed by atoms with Gasteiger partial charge in [0.25, 0.3) is 20.2 Å². The molecule has 0 heterocycles. The number of phenols is 1. The normalized spacial score (nSPS) is 12.4. The fourth-order valence-corrected chi connectivity index (χ4v) is 2.37. The number of aromatic hydroxyl groups is 1. The summed E-state index contributed by atoms with van der Waals surface area (Å²) in [5.74, 6) is -1.56. The number of phenolic OH excluding ortho intramolecular Hbond substituents is 1. The second-order valence-electron chi connectivity index (χ2n) is 2.92. The van der Waals surface area contributed by atoms with Crippen LogP contribution in [0.25, 0.3) is 0 Å². The summed E-state index contributed by atoms with van der Waals surface area (Å²) in [5.41, 5.74) is 0. The molecule has 0 atom stereocenters. The Balaban J connectivity index is 3.78. The third-order valence-electron chi connectivity index (χ3n) is 1.81. The number of ether oxygens (including phenoxy) is 1. The van der Waals surface area contributed by atoms with E-state index in [2.05, 4.69) is 4.74 Å². The number of benzene rings is 1. The van der Waals surface area contributed by atoms with Crippen LogP contribution >= 0.6 is 0 Å². The van der Waals surface area contributed by atoms with Crippen LogP contribution in [0.4, 0.5) is 0 Å².